The van der Waals surface area contributed by atoms with E-state index in [9.17, 15) is 0 Å². The molecule has 0 aliphatic carbocycles. The van der Waals surface area contributed by atoms with Gasteiger partial charge in [-0.25, -0.2) is 20.0 Å². The Labute approximate surface area is 234 Å². The number of rotatable bonds is 6. The van der Waals surface area contributed by atoms with Gasteiger partial charge in [-0.1, -0.05) is 13.0 Å². The number of allylic oxidation sites excluding steroid dienone is 3. The van der Waals surface area contributed by atoms with Gasteiger partial charge in [0.2, 0.25) is 0 Å². The molecule has 0 saturated carbocycles. The second-order valence-corrected chi connectivity index (χ2v) is 9.95. The predicted octanol–water partition coefficient (Wildman–Crippen LogP) is 4.98. The molecule has 206 valence electrons. The molecule has 2 aromatic heterocycles. The lowest BCUT2D eigenvalue weighted by atomic mass is 10.1. The molecule has 0 bridgehead atoms. The van der Waals surface area contributed by atoms with Gasteiger partial charge in [0.1, 0.15) is 30.0 Å². The van der Waals surface area contributed by atoms with E-state index in [0.29, 0.717) is 18.5 Å². The van der Waals surface area contributed by atoms with E-state index in [0.717, 1.165) is 77.2 Å². The molecule has 10 heteroatoms. The Morgan fingerprint density at radius 2 is 2.10 bits per heavy atom. The van der Waals surface area contributed by atoms with E-state index >= 15 is 0 Å². The number of nitrogens with one attached hydrogen (secondary N) is 1. The van der Waals surface area contributed by atoms with Gasteiger partial charge in [0.25, 0.3) is 0 Å². The summed E-state index contributed by atoms with van der Waals surface area (Å²) >= 11 is 0. The van der Waals surface area contributed by atoms with Crippen molar-refractivity contribution in [2.75, 3.05) is 43.0 Å². The number of benzene rings is 1. The second-order valence-electron chi connectivity index (χ2n) is 9.95. The van der Waals surface area contributed by atoms with Crippen LogP contribution in [0.1, 0.15) is 26.3 Å². The SMILES string of the molecule is CC=C1C=C(Oc2ccc(Nc3ncnc4cc5c(nc34)N3CCN(CC)CC3CO5)cc2C)C=CN1/N=C\C. The van der Waals surface area contributed by atoms with Crippen LogP contribution < -0.4 is 19.7 Å². The normalized spacial score (nSPS) is 19.9. The Hall–Kier alpha value is -4.44. The molecule has 3 aromatic rings. The summed E-state index contributed by atoms with van der Waals surface area (Å²) in [6.45, 7) is 12.7. The maximum atomic E-state index is 6.21. The number of anilines is 3. The number of likely N-dealkylation sites (N-methyl/N-ethyl adjacent to an activating group) is 1. The van der Waals surface area contributed by atoms with Crippen molar-refractivity contribution in [1.29, 1.82) is 0 Å². The van der Waals surface area contributed by atoms with Crippen LogP contribution in [0.25, 0.3) is 11.0 Å². The molecule has 40 heavy (non-hydrogen) atoms. The third-order valence-corrected chi connectivity index (χ3v) is 7.41. The van der Waals surface area contributed by atoms with Crippen molar-refractivity contribution in [3.8, 4) is 11.5 Å². The second kappa shape index (κ2) is 11.0. The summed E-state index contributed by atoms with van der Waals surface area (Å²) in [4.78, 5) is 18.9. The van der Waals surface area contributed by atoms with Crippen LogP contribution in [0.2, 0.25) is 0 Å². The minimum Gasteiger partial charge on any atom is -0.487 e. The highest BCUT2D eigenvalue weighted by atomic mass is 16.5. The monoisotopic (exact) mass is 538 g/mol. The molecule has 1 unspecified atom stereocenters. The molecule has 1 fully saturated rings. The predicted molar refractivity (Wildman–Crippen MR) is 158 cm³/mol. The molecule has 1 atom stereocenters. The van der Waals surface area contributed by atoms with Crippen LogP contribution in [0.5, 0.6) is 11.5 Å². The number of hydrazone groups is 1. The standard InChI is InChI=1S/C30H34N8O2/c1-5-22-15-24(10-11-38(22)33-6-2)40-26-9-8-21(14-20(26)4)34-29-28-25(31-19-32-29)16-27-30(35-28)37-13-12-36(7-3)17-23(37)18-39-27/h5-6,8-11,14-16,19,23H,7,12-13,17-18H2,1-4H3,(H,31,32,34)/b22-5?,33-6-. The van der Waals surface area contributed by atoms with Crippen LogP contribution in [0.3, 0.4) is 0 Å². The molecule has 0 amide bonds. The Balaban J connectivity index is 1.23. The molecule has 1 aromatic carbocycles. The molecule has 1 N–H and O–H groups in total. The first-order valence-corrected chi connectivity index (χ1v) is 13.7. The van der Waals surface area contributed by atoms with Gasteiger partial charge in [-0.2, -0.15) is 5.10 Å². The Bertz CT molecular complexity index is 1550. The fraction of sp³-hybridized carbons (Fsp3) is 0.333. The van der Waals surface area contributed by atoms with E-state index in [1.54, 1.807) is 17.6 Å². The molecule has 0 radical (unpaired) electrons. The molecular formula is C30H34N8O2. The van der Waals surface area contributed by atoms with Gasteiger partial charge >= 0.3 is 0 Å². The van der Waals surface area contributed by atoms with Crippen molar-refractivity contribution in [3.63, 3.8) is 0 Å². The summed E-state index contributed by atoms with van der Waals surface area (Å²) in [5.41, 5.74) is 4.29. The van der Waals surface area contributed by atoms with E-state index in [1.165, 1.54) is 0 Å². The number of aromatic nitrogens is 3. The van der Waals surface area contributed by atoms with Crippen LogP contribution in [-0.4, -0.2) is 69.9 Å². The highest BCUT2D eigenvalue weighted by Gasteiger charge is 2.34. The highest BCUT2D eigenvalue weighted by Crippen LogP contribution is 2.37. The van der Waals surface area contributed by atoms with Crippen molar-refractivity contribution in [2.24, 2.45) is 5.10 Å². The van der Waals surface area contributed by atoms with Gasteiger partial charge in [-0.15, -0.1) is 0 Å². The summed E-state index contributed by atoms with van der Waals surface area (Å²) in [6.07, 6.45) is 11.1. The Kier molecular flexibility index (Phi) is 7.08. The number of hydrogen-bond acceptors (Lipinski definition) is 10. The van der Waals surface area contributed by atoms with Crippen LogP contribution in [0, 0.1) is 6.92 Å². The zero-order valence-electron chi connectivity index (χ0n) is 23.3. The van der Waals surface area contributed by atoms with E-state index < -0.39 is 0 Å². The number of pyridine rings is 1. The first-order chi connectivity index (χ1) is 19.6. The molecule has 6 rings (SSSR count). The number of fused-ring (bicyclic) bond motifs is 4. The van der Waals surface area contributed by atoms with Crippen LogP contribution in [0.4, 0.5) is 17.3 Å². The van der Waals surface area contributed by atoms with Gasteiger partial charge in [0, 0.05) is 49.9 Å². The van der Waals surface area contributed by atoms with Crippen molar-refractivity contribution < 1.29 is 9.47 Å². The molecule has 1 saturated heterocycles. The topological polar surface area (TPSA) is 91.2 Å². The first-order valence-electron chi connectivity index (χ1n) is 13.7. The number of nitrogens with zero attached hydrogens (tertiary/aromatic N) is 7. The average Bonchev–Trinajstić information content (AvgIpc) is 2.98. The van der Waals surface area contributed by atoms with Gasteiger partial charge in [0.15, 0.2) is 17.4 Å². The molecule has 3 aliphatic rings. The summed E-state index contributed by atoms with van der Waals surface area (Å²) in [5.74, 6) is 3.83. The number of ether oxygens (including phenoxy) is 2. The lowest BCUT2D eigenvalue weighted by Gasteiger charge is -2.44. The molecular weight excluding hydrogens is 504 g/mol. The third kappa shape index (κ3) is 4.98. The van der Waals surface area contributed by atoms with Crippen LogP contribution in [0.15, 0.2) is 71.6 Å². The fourth-order valence-corrected chi connectivity index (χ4v) is 5.28. The zero-order chi connectivity index (χ0) is 27.6. The quantitative estimate of drug-likeness (QED) is 0.436. The van der Waals surface area contributed by atoms with Gasteiger partial charge in [0.05, 0.1) is 17.3 Å². The smallest absolute Gasteiger partial charge is 0.172 e. The van der Waals surface area contributed by atoms with Crippen LogP contribution in [-0.2, 0) is 0 Å². The van der Waals surface area contributed by atoms with Crippen LogP contribution >= 0.6 is 0 Å². The van der Waals surface area contributed by atoms with E-state index in [4.69, 9.17) is 14.5 Å². The van der Waals surface area contributed by atoms with Crippen molar-refractivity contribution in [2.45, 2.75) is 33.7 Å². The maximum Gasteiger partial charge on any atom is 0.172 e. The Morgan fingerprint density at radius 3 is 2.90 bits per heavy atom. The summed E-state index contributed by atoms with van der Waals surface area (Å²) in [7, 11) is 0. The lowest BCUT2D eigenvalue weighted by Crippen LogP contribution is -2.57. The average molecular weight is 539 g/mol. The number of hydrogen-bond donors (Lipinski definition) is 1. The van der Waals surface area contributed by atoms with Crippen molar-refractivity contribution in [1.82, 2.24) is 24.9 Å². The fourth-order valence-electron chi connectivity index (χ4n) is 5.28. The summed E-state index contributed by atoms with van der Waals surface area (Å²) < 4.78 is 12.3. The van der Waals surface area contributed by atoms with E-state index in [-0.39, 0.29) is 0 Å². The minimum absolute atomic E-state index is 0.294. The maximum absolute atomic E-state index is 6.21. The largest absolute Gasteiger partial charge is 0.487 e. The van der Waals surface area contributed by atoms with E-state index in [1.807, 2.05) is 69.5 Å². The van der Waals surface area contributed by atoms with E-state index in [2.05, 4.69) is 37.1 Å². The third-order valence-electron chi connectivity index (χ3n) is 7.41. The minimum atomic E-state index is 0.294. The van der Waals surface area contributed by atoms with Gasteiger partial charge in [-0.05, 0) is 57.2 Å². The number of aryl methyl sites for hydroxylation is 1. The van der Waals surface area contributed by atoms with Crippen molar-refractivity contribution in [3.05, 3.63) is 72.0 Å². The van der Waals surface area contributed by atoms with Crippen molar-refractivity contribution >= 4 is 34.6 Å². The lowest BCUT2D eigenvalue weighted by molar-refractivity contribution is 0.171. The molecule has 3 aliphatic heterocycles. The summed E-state index contributed by atoms with van der Waals surface area (Å²) in [5, 5.41) is 9.60. The van der Waals surface area contributed by atoms with Gasteiger partial charge < -0.3 is 19.7 Å². The zero-order valence-corrected chi connectivity index (χ0v) is 23.3. The van der Waals surface area contributed by atoms with Gasteiger partial charge in [-0.3, -0.25) is 4.90 Å². The first kappa shape index (κ1) is 25.8. The summed E-state index contributed by atoms with van der Waals surface area (Å²) in [6, 6.07) is 8.26. The number of piperazine rings is 1. The highest BCUT2D eigenvalue weighted by molar-refractivity contribution is 5.90. The Morgan fingerprint density at radius 1 is 1.20 bits per heavy atom. The molecule has 0 spiro atoms. The molecule has 5 heterocycles. The molecule has 10 nitrogen and oxygen atoms in total.